The third-order valence-corrected chi connectivity index (χ3v) is 3.63. The summed E-state index contributed by atoms with van der Waals surface area (Å²) in [6.45, 7) is 3.63. The zero-order valence-corrected chi connectivity index (χ0v) is 13.9. The summed E-state index contributed by atoms with van der Waals surface area (Å²) in [4.78, 5) is 23.6. The highest BCUT2D eigenvalue weighted by molar-refractivity contribution is 5.92. The monoisotopic (exact) mass is 339 g/mol. The molecule has 0 aliphatic rings. The van der Waals surface area contributed by atoms with Crippen LogP contribution in [0.5, 0.6) is 5.88 Å². The van der Waals surface area contributed by atoms with Gasteiger partial charge in [0.1, 0.15) is 11.6 Å². The lowest BCUT2D eigenvalue weighted by atomic mass is 10.1. The Bertz CT molecular complexity index is 937. The molecule has 1 aromatic heterocycles. The Kier molecular flexibility index (Phi) is 5.29. The molecule has 2 rings (SSSR count). The van der Waals surface area contributed by atoms with Gasteiger partial charge in [-0.15, -0.1) is 5.11 Å². The third-order valence-electron chi connectivity index (χ3n) is 3.63. The summed E-state index contributed by atoms with van der Waals surface area (Å²) in [7, 11) is 0. The van der Waals surface area contributed by atoms with Crippen LogP contribution in [0.15, 0.2) is 39.3 Å². The van der Waals surface area contributed by atoms with Crippen molar-refractivity contribution >= 4 is 17.3 Å². The van der Waals surface area contributed by atoms with Crippen molar-refractivity contribution < 1.29 is 9.90 Å². The summed E-state index contributed by atoms with van der Waals surface area (Å²) < 4.78 is 1.11. The molecule has 1 amide bonds. The number of benzene rings is 1. The van der Waals surface area contributed by atoms with Crippen LogP contribution in [-0.4, -0.2) is 15.6 Å². The number of aromatic nitrogens is 1. The second-order valence-corrected chi connectivity index (χ2v) is 5.35. The van der Waals surface area contributed by atoms with Gasteiger partial charge in [0.2, 0.25) is 11.8 Å². The largest absolute Gasteiger partial charge is 0.493 e. The standard InChI is InChI=1S/C17H17N5O3/c1-3-8-22-16(24)13(9-18)10(2)14(17(22)25)21-20-12-6-4-11(5-7-12)15(19)23/h4-7,24H,3,8H2,1-2H3,(H2,19,23). The van der Waals surface area contributed by atoms with Crippen LogP contribution in [0.1, 0.15) is 34.8 Å². The summed E-state index contributed by atoms with van der Waals surface area (Å²) in [5.74, 6) is -0.921. The van der Waals surface area contributed by atoms with Crippen LogP contribution in [0.3, 0.4) is 0 Å². The van der Waals surface area contributed by atoms with Gasteiger partial charge in [0, 0.05) is 17.7 Å². The predicted molar refractivity (Wildman–Crippen MR) is 91.2 cm³/mol. The maximum atomic E-state index is 12.5. The number of nitriles is 1. The fourth-order valence-electron chi connectivity index (χ4n) is 2.29. The number of carbonyl (C=O) groups is 1. The summed E-state index contributed by atoms with van der Waals surface area (Å²) in [6, 6.07) is 7.95. The van der Waals surface area contributed by atoms with E-state index in [2.05, 4.69) is 10.2 Å². The van der Waals surface area contributed by atoms with E-state index in [0.29, 0.717) is 17.7 Å². The van der Waals surface area contributed by atoms with Crippen molar-refractivity contribution in [3.8, 4) is 11.9 Å². The van der Waals surface area contributed by atoms with Crippen LogP contribution in [-0.2, 0) is 6.54 Å². The van der Waals surface area contributed by atoms with E-state index in [0.717, 1.165) is 4.57 Å². The summed E-state index contributed by atoms with van der Waals surface area (Å²) >= 11 is 0. The maximum absolute atomic E-state index is 12.5. The molecule has 0 fully saturated rings. The number of amides is 1. The fraction of sp³-hybridized carbons (Fsp3) is 0.235. The Hall–Kier alpha value is -3.47. The minimum Gasteiger partial charge on any atom is -0.493 e. The van der Waals surface area contributed by atoms with E-state index in [1.165, 1.54) is 31.2 Å². The quantitative estimate of drug-likeness (QED) is 0.810. The average molecular weight is 339 g/mol. The van der Waals surface area contributed by atoms with Crippen molar-refractivity contribution in [3.05, 3.63) is 51.3 Å². The van der Waals surface area contributed by atoms with Crippen LogP contribution < -0.4 is 11.3 Å². The van der Waals surface area contributed by atoms with Gasteiger partial charge in [-0.05, 0) is 37.6 Å². The highest BCUT2D eigenvalue weighted by atomic mass is 16.3. The molecule has 0 spiro atoms. The average Bonchev–Trinajstić information content (AvgIpc) is 2.59. The van der Waals surface area contributed by atoms with Crippen LogP contribution in [0.4, 0.5) is 11.4 Å². The Morgan fingerprint density at radius 2 is 1.96 bits per heavy atom. The van der Waals surface area contributed by atoms with E-state index >= 15 is 0 Å². The van der Waals surface area contributed by atoms with Gasteiger partial charge in [-0.1, -0.05) is 6.92 Å². The first kappa shape index (κ1) is 17.9. The van der Waals surface area contributed by atoms with Gasteiger partial charge >= 0.3 is 0 Å². The van der Waals surface area contributed by atoms with Crippen LogP contribution >= 0.6 is 0 Å². The predicted octanol–water partition coefficient (Wildman–Crippen LogP) is 2.66. The van der Waals surface area contributed by atoms with Gasteiger partial charge in [0.25, 0.3) is 5.56 Å². The smallest absolute Gasteiger partial charge is 0.281 e. The third kappa shape index (κ3) is 3.55. The first-order chi connectivity index (χ1) is 11.9. The normalized spacial score (nSPS) is 10.8. The van der Waals surface area contributed by atoms with E-state index in [9.17, 15) is 20.0 Å². The number of nitrogens with zero attached hydrogens (tertiary/aromatic N) is 4. The topological polar surface area (TPSA) is 134 Å². The number of hydrogen-bond donors (Lipinski definition) is 2. The number of pyridine rings is 1. The highest BCUT2D eigenvalue weighted by Gasteiger charge is 2.18. The number of azo groups is 1. The van der Waals surface area contributed by atoms with Gasteiger partial charge < -0.3 is 10.8 Å². The lowest BCUT2D eigenvalue weighted by Gasteiger charge is -2.11. The molecule has 0 saturated heterocycles. The van der Waals surface area contributed by atoms with Crippen molar-refractivity contribution in [1.29, 1.82) is 5.26 Å². The van der Waals surface area contributed by atoms with Crippen molar-refractivity contribution in [2.75, 3.05) is 0 Å². The van der Waals surface area contributed by atoms with E-state index in [4.69, 9.17) is 5.73 Å². The lowest BCUT2D eigenvalue weighted by Crippen LogP contribution is -2.21. The molecule has 8 nitrogen and oxygen atoms in total. The molecule has 128 valence electrons. The van der Waals surface area contributed by atoms with Gasteiger partial charge in [-0.3, -0.25) is 14.2 Å². The second-order valence-electron chi connectivity index (χ2n) is 5.35. The number of hydrogen-bond acceptors (Lipinski definition) is 6. The first-order valence-electron chi connectivity index (χ1n) is 7.58. The zero-order valence-electron chi connectivity index (χ0n) is 13.9. The molecule has 25 heavy (non-hydrogen) atoms. The molecular weight excluding hydrogens is 322 g/mol. The van der Waals surface area contributed by atoms with Gasteiger partial charge in [0.15, 0.2) is 5.69 Å². The van der Waals surface area contributed by atoms with Crippen LogP contribution in [0.2, 0.25) is 0 Å². The highest BCUT2D eigenvalue weighted by Crippen LogP contribution is 2.27. The minimum absolute atomic E-state index is 0.00826. The number of aromatic hydroxyl groups is 1. The fourth-order valence-corrected chi connectivity index (χ4v) is 2.29. The molecule has 0 saturated carbocycles. The molecule has 0 atom stereocenters. The van der Waals surface area contributed by atoms with E-state index in [1.807, 2.05) is 13.0 Å². The molecule has 1 aromatic carbocycles. The molecule has 0 aliphatic heterocycles. The zero-order chi connectivity index (χ0) is 18.6. The number of carbonyl (C=O) groups excluding carboxylic acids is 1. The van der Waals surface area contributed by atoms with Crippen molar-refractivity contribution in [2.24, 2.45) is 16.0 Å². The Morgan fingerprint density at radius 1 is 1.32 bits per heavy atom. The second kappa shape index (κ2) is 7.40. The van der Waals surface area contributed by atoms with Crippen molar-refractivity contribution in [3.63, 3.8) is 0 Å². The molecule has 8 heteroatoms. The first-order valence-corrected chi connectivity index (χ1v) is 7.58. The maximum Gasteiger partial charge on any atom is 0.281 e. The van der Waals surface area contributed by atoms with Crippen molar-refractivity contribution in [2.45, 2.75) is 26.8 Å². The van der Waals surface area contributed by atoms with Gasteiger partial charge in [0.05, 0.1) is 5.69 Å². The summed E-state index contributed by atoms with van der Waals surface area (Å²) in [5.41, 5.74) is 5.63. The molecule has 0 unspecified atom stereocenters. The molecule has 0 aliphatic carbocycles. The van der Waals surface area contributed by atoms with Gasteiger partial charge in [-0.2, -0.15) is 10.4 Å². The van der Waals surface area contributed by atoms with Crippen molar-refractivity contribution in [1.82, 2.24) is 4.57 Å². The molecule has 2 aromatic rings. The number of nitrogens with two attached hydrogens (primary N) is 1. The molecular formula is C17H17N5O3. The van der Waals surface area contributed by atoms with Crippen LogP contribution in [0.25, 0.3) is 0 Å². The minimum atomic E-state index is -0.556. The number of primary amides is 1. The Balaban J connectivity index is 2.52. The molecule has 0 radical (unpaired) electrons. The Labute approximate surface area is 143 Å². The van der Waals surface area contributed by atoms with E-state index < -0.39 is 11.5 Å². The SMILES string of the molecule is CCCn1c(O)c(C#N)c(C)c(N=Nc2ccc(C(N)=O)cc2)c1=O. The van der Waals surface area contributed by atoms with Crippen LogP contribution in [0, 0.1) is 18.3 Å². The molecule has 0 bridgehead atoms. The summed E-state index contributed by atoms with van der Waals surface area (Å²) in [5, 5.41) is 27.3. The van der Waals surface area contributed by atoms with Gasteiger partial charge in [-0.25, -0.2) is 0 Å². The van der Waals surface area contributed by atoms with E-state index in [1.54, 1.807) is 0 Å². The lowest BCUT2D eigenvalue weighted by molar-refractivity contribution is 0.100. The Morgan fingerprint density at radius 3 is 2.48 bits per heavy atom. The number of rotatable bonds is 5. The molecule has 1 heterocycles. The molecule has 3 N–H and O–H groups in total. The van der Waals surface area contributed by atoms with E-state index in [-0.39, 0.29) is 29.2 Å². The summed E-state index contributed by atoms with van der Waals surface area (Å²) in [6.07, 6.45) is 0.604.